The molecule has 1 aromatic heterocycles. The molecule has 2 rings (SSSR count). The maximum Gasteiger partial charge on any atom is 0.197 e. The molecule has 4 heteroatoms. The first-order valence-corrected chi connectivity index (χ1v) is 4.24. The van der Waals surface area contributed by atoms with E-state index in [9.17, 15) is 4.39 Å². The molecule has 1 aromatic carbocycles. The lowest BCUT2D eigenvalue weighted by Gasteiger charge is -2.02. The number of benzene rings is 1. The van der Waals surface area contributed by atoms with Crippen molar-refractivity contribution in [3.05, 3.63) is 35.8 Å². The van der Waals surface area contributed by atoms with Crippen LogP contribution < -0.4 is 5.73 Å². The number of nitrogens with zero attached hydrogens (tertiary/aromatic N) is 1. The predicted molar refractivity (Wildman–Crippen MR) is 53.1 cm³/mol. The van der Waals surface area contributed by atoms with Crippen LogP contribution in [0.2, 0.25) is 0 Å². The molecule has 0 amide bonds. The van der Waals surface area contributed by atoms with Crippen molar-refractivity contribution in [2.24, 2.45) is 0 Å². The van der Waals surface area contributed by atoms with Gasteiger partial charge in [-0.15, -0.1) is 0 Å². The number of nitrogens with two attached hydrogens (primary N) is 1. The van der Waals surface area contributed by atoms with Gasteiger partial charge in [-0.3, -0.25) is 0 Å². The quantitative estimate of drug-likeness (QED) is 0.725. The number of hydrogen-bond donors (Lipinski definition) is 2. The van der Waals surface area contributed by atoms with Gasteiger partial charge < -0.3 is 10.7 Å². The molecular formula is C10H10FN3. The number of hydrogen-bond acceptors (Lipinski definition) is 2. The Kier molecular flexibility index (Phi) is 1.96. The molecule has 3 nitrogen and oxygen atoms in total. The lowest BCUT2D eigenvalue weighted by atomic mass is 10.1. The summed E-state index contributed by atoms with van der Waals surface area (Å²) in [7, 11) is 0. The molecule has 0 unspecified atom stereocenters. The van der Waals surface area contributed by atoms with Crippen LogP contribution in [0.25, 0.3) is 11.3 Å². The molecule has 0 aliphatic carbocycles. The van der Waals surface area contributed by atoms with Crippen LogP contribution in [-0.2, 0) is 0 Å². The minimum atomic E-state index is -0.265. The summed E-state index contributed by atoms with van der Waals surface area (Å²) in [6, 6.07) is 4.61. The van der Waals surface area contributed by atoms with Crippen molar-refractivity contribution in [2.45, 2.75) is 6.92 Å². The second kappa shape index (κ2) is 3.14. The van der Waals surface area contributed by atoms with E-state index >= 15 is 0 Å². The maximum atomic E-state index is 13.0. The highest BCUT2D eigenvalue weighted by molar-refractivity contribution is 5.64. The topological polar surface area (TPSA) is 54.7 Å². The van der Waals surface area contributed by atoms with Crippen LogP contribution in [0.4, 0.5) is 10.3 Å². The summed E-state index contributed by atoms with van der Waals surface area (Å²) >= 11 is 0. The Morgan fingerprint density at radius 2 is 2.21 bits per heavy atom. The molecule has 0 atom stereocenters. The highest BCUT2D eigenvalue weighted by Crippen LogP contribution is 2.22. The molecule has 2 aromatic rings. The smallest absolute Gasteiger partial charge is 0.197 e. The number of anilines is 1. The maximum absolute atomic E-state index is 13.0. The van der Waals surface area contributed by atoms with Gasteiger partial charge in [0.15, 0.2) is 5.95 Å². The largest absolute Gasteiger partial charge is 0.369 e. The summed E-state index contributed by atoms with van der Waals surface area (Å²) in [4.78, 5) is 6.72. The van der Waals surface area contributed by atoms with Crippen molar-refractivity contribution < 1.29 is 4.39 Å². The van der Waals surface area contributed by atoms with E-state index in [1.807, 2.05) is 6.92 Å². The van der Waals surface area contributed by atoms with E-state index in [2.05, 4.69) is 9.97 Å². The van der Waals surface area contributed by atoms with Crippen LogP contribution in [-0.4, -0.2) is 9.97 Å². The van der Waals surface area contributed by atoms with Crippen LogP contribution in [0, 0.1) is 12.7 Å². The average Bonchev–Trinajstić information content (AvgIpc) is 2.56. The predicted octanol–water partition coefficient (Wildman–Crippen LogP) is 2.11. The molecule has 3 N–H and O–H groups in total. The molecule has 0 aliphatic rings. The van der Waals surface area contributed by atoms with Crippen molar-refractivity contribution in [1.82, 2.24) is 9.97 Å². The number of nitrogen functional groups attached to an aromatic ring is 1. The summed E-state index contributed by atoms with van der Waals surface area (Å²) in [5.41, 5.74) is 7.95. The van der Waals surface area contributed by atoms with E-state index in [1.165, 1.54) is 12.1 Å². The van der Waals surface area contributed by atoms with Gasteiger partial charge in [0.25, 0.3) is 0 Å². The number of nitrogens with one attached hydrogen (secondary N) is 1. The Labute approximate surface area is 80.8 Å². The van der Waals surface area contributed by atoms with Crippen LogP contribution in [0.1, 0.15) is 5.56 Å². The van der Waals surface area contributed by atoms with Crippen LogP contribution in [0.15, 0.2) is 24.4 Å². The van der Waals surface area contributed by atoms with Crippen molar-refractivity contribution in [2.75, 3.05) is 5.73 Å². The molecule has 0 fully saturated rings. The zero-order valence-electron chi connectivity index (χ0n) is 7.71. The van der Waals surface area contributed by atoms with Crippen molar-refractivity contribution >= 4 is 5.95 Å². The summed E-state index contributed by atoms with van der Waals surface area (Å²) < 4.78 is 13.0. The number of aryl methyl sites for hydroxylation is 1. The third-order valence-corrected chi connectivity index (χ3v) is 2.09. The van der Waals surface area contributed by atoms with Crippen LogP contribution >= 0.6 is 0 Å². The standard InChI is InChI=1S/C10H10FN3/c1-6-2-3-7(11)4-8(6)9-5-13-10(12)14-9/h2-5H,1H3,(H3,12,13,14). The van der Waals surface area contributed by atoms with E-state index in [1.54, 1.807) is 12.3 Å². The van der Waals surface area contributed by atoms with E-state index < -0.39 is 0 Å². The van der Waals surface area contributed by atoms with Crippen LogP contribution in [0.5, 0.6) is 0 Å². The highest BCUT2D eigenvalue weighted by atomic mass is 19.1. The van der Waals surface area contributed by atoms with Gasteiger partial charge in [0.1, 0.15) is 5.82 Å². The lowest BCUT2D eigenvalue weighted by Crippen LogP contribution is -1.87. The molecule has 0 bridgehead atoms. The molecule has 0 saturated carbocycles. The summed E-state index contributed by atoms with van der Waals surface area (Å²) in [5, 5.41) is 0. The van der Waals surface area contributed by atoms with Gasteiger partial charge in [-0.1, -0.05) is 6.07 Å². The van der Waals surface area contributed by atoms with E-state index in [4.69, 9.17) is 5.73 Å². The molecular weight excluding hydrogens is 181 g/mol. The van der Waals surface area contributed by atoms with E-state index in [-0.39, 0.29) is 5.82 Å². The lowest BCUT2D eigenvalue weighted by molar-refractivity contribution is 0.628. The summed E-state index contributed by atoms with van der Waals surface area (Å²) in [6.45, 7) is 1.91. The molecule has 72 valence electrons. The second-order valence-electron chi connectivity index (χ2n) is 3.14. The number of aromatic nitrogens is 2. The number of H-pyrrole nitrogens is 1. The zero-order valence-corrected chi connectivity index (χ0v) is 7.71. The summed E-state index contributed by atoms with van der Waals surface area (Å²) in [6.07, 6.45) is 1.59. The van der Waals surface area contributed by atoms with Gasteiger partial charge in [-0.25, -0.2) is 9.37 Å². The third-order valence-electron chi connectivity index (χ3n) is 2.09. The second-order valence-corrected chi connectivity index (χ2v) is 3.14. The van der Waals surface area contributed by atoms with Gasteiger partial charge in [-0.2, -0.15) is 0 Å². The molecule has 0 spiro atoms. The third kappa shape index (κ3) is 1.46. The van der Waals surface area contributed by atoms with Gasteiger partial charge >= 0.3 is 0 Å². The minimum Gasteiger partial charge on any atom is -0.369 e. The van der Waals surface area contributed by atoms with Crippen molar-refractivity contribution in [3.8, 4) is 11.3 Å². The van der Waals surface area contributed by atoms with Gasteiger partial charge in [0.2, 0.25) is 0 Å². The Balaban J connectivity index is 2.55. The first-order valence-electron chi connectivity index (χ1n) is 4.24. The number of rotatable bonds is 1. The fraction of sp³-hybridized carbons (Fsp3) is 0.100. The summed E-state index contributed by atoms with van der Waals surface area (Å²) in [5.74, 6) is 0.0717. The Bertz CT molecular complexity index is 462. The monoisotopic (exact) mass is 191 g/mol. The van der Waals surface area contributed by atoms with Gasteiger partial charge in [0, 0.05) is 5.56 Å². The Morgan fingerprint density at radius 1 is 1.43 bits per heavy atom. The van der Waals surface area contributed by atoms with Gasteiger partial charge in [0.05, 0.1) is 11.9 Å². The SMILES string of the molecule is Cc1ccc(F)cc1-c1cnc(N)[nH]1. The van der Waals surface area contributed by atoms with E-state index in [0.717, 1.165) is 16.8 Å². The normalized spacial score (nSPS) is 10.4. The first-order chi connectivity index (χ1) is 6.66. The zero-order chi connectivity index (χ0) is 10.1. The molecule has 0 saturated heterocycles. The molecule has 1 heterocycles. The number of imidazole rings is 1. The fourth-order valence-corrected chi connectivity index (χ4v) is 1.36. The molecule has 0 radical (unpaired) electrons. The Hall–Kier alpha value is -1.84. The van der Waals surface area contributed by atoms with Gasteiger partial charge in [-0.05, 0) is 24.6 Å². The Morgan fingerprint density at radius 3 is 2.86 bits per heavy atom. The average molecular weight is 191 g/mol. The molecule has 14 heavy (non-hydrogen) atoms. The fourth-order valence-electron chi connectivity index (χ4n) is 1.36. The first kappa shape index (κ1) is 8.74. The van der Waals surface area contributed by atoms with E-state index in [0.29, 0.717) is 5.95 Å². The van der Waals surface area contributed by atoms with Crippen molar-refractivity contribution in [1.29, 1.82) is 0 Å². The minimum absolute atomic E-state index is 0.265. The number of halogens is 1. The number of aromatic amines is 1. The van der Waals surface area contributed by atoms with Crippen LogP contribution in [0.3, 0.4) is 0 Å². The van der Waals surface area contributed by atoms with Crippen molar-refractivity contribution in [3.63, 3.8) is 0 Å². The highest BCUT2D eigenvalue weighted by Gasteiger charge is 2.05. The molecule has 0 aliphatic heterocycles.